The van der Waals surface area contributed by atoms with Gasteiger partial charge in [0.25, 0.3) is 0 Å². The van der Waals surface area contributed by atoms with Gasteiger partial charge >= 0.3 is 9.28 Å². The smallest absolute Gasteiger partial charge is 0.384 e. The molecule has 0 amide bonds. The van der Waals surface area contributed by atoms with Gasteiger partial charge in [-0.1, -0.05) is 12.1 Å². The number of nitrogens with two attached hydrogens (primary N) is 1. The molecule has 0 atom stereocenters. The average Bonchev–Trinajstić information content (AvgIpc) is 2.27. The fraction of sp³-hybridized carbons (Fsp3) is 0.455. The van der Waals surface area contributed by atoms with Crippen LogP contribution in [0.25, 0.3) is 0 Å². The molecule has 1 radical (unpaired) electrons. The molecule has 0 heterocycles. The molecule has 0 saturated carbocycles. The molecule has 15 heavy (non-hydrogen) atoms. The van der Waals surface area contributed by atoms with E-state index < -0.39 is 9.28 Å². The highest BCUT2D eigenvalue weighted by atomic mass is 28.3. The molecule has 0 unspecified atom stereocenters. The summed E-state index contributed by atoms with van der Waals surface area (Å²) >= 11 is 0. The first kappa shape index (κ1) is 12.2. The monoisotopic (exact) mass is 224 g/mol. The van der Waals surface area contributed by atoms with E-state index in [1.165, 1.54) is 5.56 Å². The summed E-state index contributed by atoms with van der Waals surface area (Å²) < 4.78 is 10.4. The maximum absolute atomic E-state index is 5.61. The van der Waals surface area contributed by atoms with Crippen LogP contribution in [0.5, 0.6) is 0 Å². The quantitative estimate of drug-likeness (QED) is 0.593. The predicted molar refractivity (Wildman–Crippen MR) is 63.8 cm³/mol. The van der Waals surface area contributed by atoms with Gasteiger partial charge in [0.15, 0.2) is 0 Å². The first-order chi connectivity index (χ1) is 7.26. The van der Waals surface area contributed by atoms with E-state index >= 15 is 0 Å². The van der Waals surface area contributed by atoms with Gasteiger partial charge < -0.3 is 14.6 Å². The summed E-state index contributed by atoms with van der Waals surface area (Å²) in [5.41, 5.74) is 7.75. The molecule has 3 nitrogen and oxygen atoms in total. The second kappa shape index (κ2) is 6.61. The van der Waals surface area contributed by atoms with Gasteiger partial charge in [0.1, 0.15) is 0 Å². The van der Waals surface area contributed by atoms with E-state index in [1.807, 2.05) is 12.1 Å². The van der Waals surface area contributed by atoms with Crippen molar-refractivity contribution >= 4 is 15.0 Å². The zero-order chi connectivity index (χ0) is 11.1. The summed E-state index contributed by atoms with van der Waals surface area (Å²) in [7, 11) is 2.39. The third kappa shape index (κ3) is 4.46. The van der Waals surface area contributed by atoms with Crippen molar-refractivity contribution in [1.29, 1.82) is 0 Å². The van der Waals surface area contributed by atoms with Crippen LogP contribution in [0, 0.1) is 0 Å². The highest BCUT2D eigenvalue weighted by Crippen LogP contribution is 2.10. The van der Waals surface area contributed by atoms with Crippen LogP contribution in [0.2, 0.25) is 6.04 Å². The Morgan fingerprint density at radius 2 is 1.73 bits per heavy atom. The summed E-state index contributed by atoms with van der Waals surface area (Å²) in [6.45, 7) is 0. The molecule has 1 rings (SSSR count). The molecular formula is C11H18NO2Si. The molecule has 0 aliphatic heterocycles. The Balaban J connectivity index is 2.28. The van der Waals surface area contributed by atoms with E-state index in [-0.39, 0.29) is 0 Å². The van der Waals surface area contributed by atoms with Gasteiger partial charge in [0, 0.05) is 19.9 Å². The Morgan fingerprint density at radius 1 is 1.13 bits per heavy atom. The largest absolute Gasteiger partial charge is 0.399 e. The first-order valence-corrected chi connectivity index (χ1v) is 6.57. The molecule has 0 bridgehead atoms. The molecule has 0 aliphatic carbocycles. The van der Waals surface area contributed by atoms with Gasteiger partial charge in [-0.15, -0.1) is 0 Å². The predicted octanol–water partition coefficient (Wildman–Crippen LogP) is 1.98. The van der Waals surface area contributed by atoms with Crippen molar-refractivity contribution in [2.24, 2.45) is 0 Å². The van der Waals surface area contributed by atoms with Crippen molar-refractivity contribution in [3.05, 3.63) is 29.8 Å². The maximum atomic E-state index is 5.61. The van der Waals surface area contributed by atoms with Crippen LogP contribution >= 0.6 is 0 Å². The van der Waals surface area contributed by atoms with E-state index in [1.54, 1.807) is 14.2 Å². The van der Waals surface area contributed by atoms with E-state index in [0.717, 1.165) is 24.6 Å². The Morgan fingerprint density at radius 3 is 2.27 bits per heavy atom. The van der Waals surface area contributed by atoms with Crippen molar-refractivity contribution in [2.75, 3.05) is 20.0 Å². The fourth-order valence-electron chi connectivity index (χ4n) is 1.41. The number of rotatable bonds is 6. The molecule has 0 spiro atoms. The van der Waals surface area contributed by atoms with Crippen molar-refractivity contribution < 1.29 is 8.85 Å². The highest BCUT2D eigenvalue weighted by molar-refractivity contribution is 6.44. The number of hydrogen-bond donors (Lipinski definition) is 1. The number of anilines is 1. The van der Waals surface area contributed by atoms with Gasteiger partial charge in [-0.05, 0) is 36.6 Å². The Bertz CT molecular complexity index is 272. The molecule has 0 saturated heterocycles. The van der Waals surface area contributed by atoms with Crippen LogP contribution in [0.3, 0.4) is 0 Å². The van der Waals surface area contributed by atoms with Crippen molar-refractivity contribution in [2.45, 2.75) is 18.9 Å². The maximum Gasteiger partial charge on any atom is 0.384 e. The van der Waals surface area contributed by atoms with Crippen LogP contribution in [-0.4, -0.2) is 23.5 Å². The van der Waals surface area contributed by atoms with Crippen molar-refractivity contribution in [1.82, 2.24) is 0 Å². The third-order valence-corrected chi connectivity index (χ3v) is 3.95. The average molecular weight is 224 g/mol. The fourth-order valence-corrected chi connectivity index (χ4v) is 2.45. The lowest BCUT2D eigenvalue weighted by Crippen LogP contribution is -2.18. The standard InChI is InChI=1S/C11H18NO2Si/c1-13-15(14-2)9-3-4-10-5-7-11(12)8-6-10/h5-8H,3-4,9,12H2,1-2H3. The Kier molecular flexibility index (Phi) is 5.38. The summed E-state index contributed by atoms with van der Waals surface area (Å²) in [5, 5.41) is 0. The molecule has 0 aromatic heterocycles. The summed E-state index contributed by atoms with van der Waals surface area (Å²) in [6.07, 6.45) is 2.15. The van der Waals surface area contributed by atoms with Crippen molar-refractivity contribution in [3.8, 4) is 0 Å². The zero-order valence-corrected chi connectivity index (χ0v) is 10.3. The van der Waals surface area contributed by atoms with Gasteiger partial charge in [0.2, 0.25) is 0 Å². The van der Waals surface area contributed by atoms with Gasteiger partial charge in [-0.2, -0.15) is 0 Å². The van der Waals surface area contributed by atoms with Gasteiger partial charge in [-0.25, -0.2) is 0 Å². The third-order valence-electron chi connectivity index (χ3n) is 2.28. The van der Waals surface area contributed by atoms with E-state index in [2.05, 4.69) is 12.1 Å². The SMILES string of the molecule is CO[Si](CCCc1ccc(N)cc1)OC. The van der Waals surface area contributed by atoms with Crippen LogP contribution in [-0.2, 0) is 15.3 Å². The zero-order valence-electron chi connectivity index (χ0n) is 9.32. The molecule has 2 N–H and O–H groups in total. The van der Waals surface area contributed by atoms with Gasteiger partial charge in [-0.3, -0.25) is 0 Å². The van der Waals surface area contributed by atoms with Crippen LogP contribution in [0.15, 0.2) is 24.3 Å². The van der Waals surface area contributed by atoms with Crippen LogP contribution in [0.1, 0.15) is 12.0 Å². The molecule has 0 aliphatic rings. The molecule has 1 aromatic carbocycles. The number of benzene rings is 1. The number of hydrogen-bond acceptors (Lipinski definition) is 3. The van der Waals surface area contributed by atoms with E-state index in [4.69, 9.17) is 14.6 Å². The second-order valence-electron chi connectivity index (χ2n) is 3.38. The lowest BCUT2D eigenvalue weighted by atomic mass is 10.1. The lowest BCUT2D eigenvalue weighted by molar-refractivity contribution is 0.276. The highest BCUT2D eigenvalue weighted by Gasteiger charge is 2.10. The topological polar surface area (TPSA) is 44.5 Å². The molecule has 1 aromatic rings. The molecule has 83 valence electrons. The minimum atomic E-state index is -1.03. The van der Waals surface area contributed by atoms with Crippen LogP contribution < -0.4 is 5.73 Å². The Hall–Kier alpha value is -0.843. The molecule has 0 fully saturated rings. The Labute approximate surface area is 93.0 Å². The number of aryl methyl sites for hydroxylation is 1. The first-order valence-electron chi connectivity index (χ1n) is 5.04. The second-order valence-corrected chi connectivity index (χ2v) is 5.44. The van der Waals surface area contributed by atoms with E-state index in [0.29, 0.717) is 0 Å². The molecule has 4 heteroatoms. The van der Waals surface area contributed by atoms with E-state index in [9.17, 15) is 0 Å². The van der Waals surface area contributed by atoms with Crippen molar-refractivity contribution in [3.63, 3.8) is 0 Å². The number of nitrogen functional groups attached to an aromatic ring is 1. The van der Waals surface area contributed by atoms with Crippen LogP contribution in [0.4, 0.5) is 5.69 Å². The molecular weight excluding hydrogens is 206 g/mol. The summed E-state index contributed by atoms with van der Waals surface area (Å²) in [5.74, 6) is 0. The summed E-state index contributed by atoms with van der Waals surface area (Å²) in [4.78, 5) is 0. The minimum absolute atomic E-state index is 0.817. The summed E-state index contributed by atoms with van der Waals surface area (Å²) in [6, 6.07) is 9.03. The van der Waals surface area contributed by atoms with Gasteiger partial charge in [0.05, 0.1) is 0 Å². The minimum Gasteiger partial charge on any atom is -0.399 e. The lowest BCUT2D eigenvalue weighted by Gasteiger charge is -2.08. The normalized spacial score (nSPS) is 10.9.